The zero-order valence-electron chi connectivity index (χ0n) is 6.90. The topological polar surface area (TPSA) is 60.8 Å². The van der Waals surface area contributed by atoms with Crippen molar-refractivity contribution in [3.05, 3.63) is 10.4 Å². The van der Waals surface area contributed by atoms with Crippen LogP contribution in [0, 0.1) is 12.3 Å². The highest BCUT2D eigenvalue weighted by molar-refractivity contribution is 4.91. The number of rotatable bonds is 4. The largest absolute Gasteiger partial charge is 0.313 e. The van der Waals surface area contributed by atoms with Crippen LogP contribution in [0.3, 0.4) is 0 Å². The summed E-state index contributed by atoms with van der Waals surface area (Å²) in [7, 11) is 0. The van der Waals surface area contributed by atoms with Gasteiger partial charge in [-0.1, -0.05) is 5.11 Å². The highest BCUT2D eigenvalue weighted by Gasteiger charge is 2.26. The molecule has 0 aromatic heterocycles. The predicted octanol–water partition coefficient (Wildman–Crippen LogP) is 1.44. The van der Waals surface area contributed by atoms with Crippen molar-refractivity contribution in [2.24, 2.45) is 5.11 Å². The summed E-state index contributed by atoms with van der Waals surface area (Å²) in [5, 5.41) is 6.89. The Morgan fingerprint density at radius 3 is 3.00 bits per heavy atom. The van der Waals surface area contributed by atoms with Crippen molar-refractivity contribution in [3.63, 3.8) is 0 Å². The molecule has 0 aromatic rings. The summed E-state index contributed by atoms with van der Waals surface area (Å²) in [6, 6.07) is 0.715. The maximum atomic E-state index is 8.11. The molecular weight excluding hydrogens is 152 g/mol. The standard InChI is InChI=1S/C8H12N4/c1-2-3-4-10-7-5-8(6-7)11-12-9/h1,7-8,10H,3-6H2. The van der Waals surface area contributed by atoms with Crippen LogP contribution in [0.1, 0.15) is 19.3 Å². The van der Waals surface area contributed by atoms with Crippen molar-refractivity contribution in [1.29, 1.82) is 0 Å². The van der Waals surface area contributed by atoms with Crippen LogP contribution in [0.15, 0.2) is 5.11 Å². The van der Waals surface area contributed by atoms with Gasteiger partial charge in [0.2, 0.25) is 0 Å². The van der Waals surface area contributed by atoms with Gasteiger partial charge in [-0.3, -0.25) is 0 Å². The SMILES string of the molecule is C#CCCNC1CC(N=[N+]=[N-])C1. The van der Waals surface area contributed by atoms with E-state index in [1.807, 2.05) is 0 Å². The molecule has 0 aromatic carbocycles. The van der Waals surface area contributed by atoms with E-state index in [4.69, 9.17) is 12.0 Å². The lowest BCUT2D eigenvalue weighted by atomic mass is 9.87. The van der Waals surface area contributed by atoms with Crippen molar-refractivity contribution in [2.45, 2.75) is 31.3 Å². The summed E-state index contributed by atoms with van der Waals surface area (Å²) in [4.78, 5) is 2.75. The number of nitrogens with zero attached hydrogens (tertiary/aromatic N) is 3. The van der Waals surface area contributed by atoms with E-state index in [1.165, 1.54) is 0 Å². The molecule has 0 radical (unpaired) electrons. The molecule has 0 bridgehead atoms. The molecule has 1 aliphatic carbocycles. The van der Waals surface area contributed by atoms with Crippen molar-refractivity contribution in [3.8, 4) is 12.3 Å². The van der Waals surface area contributed by atoms with Gasteiger partial charge in [0.25, 0.3) is 0 Å². The van der Waals surface area contributed by atoms with E-state index in [2.05, 4.69) is 21.3 Å². The zero-order chi connectivity index (χ0) is 8.81. The normalized spacial score (nSPS) is 26.6. The van der Waals surface area contributed by atoms with E-state index < -0.39 is 0 Å². The van der Waals surface area contributed by atoms with Crippen LogP contribution in [0.25, 0.3) is 10.4 Å². The first-order chi connectivity index (χ1) is 5.86. The summed E-state index contributed by atoms with van der Waals surface area (Å²) in [5.74, 6) is 2.56. The van der Waals surface area contributed by atoms with Crippen LogP contribution in [-0.2, 0) is 0 Å². The first kappa shape index (κ1) is 8.92. The van der Waals surface area contributed by atoms with Gasteiger partial charge in [0.05, 0.1) is 0 Å². The smallest absolute Gasteiger partial charge is 0.0403 e. The van der Waals surface area contributed by atoms with Gasteiger partial charge in [-0.2, -0.15) is 0 Å². The molecule has 1 aliphatic rings. The van der Waals surface area contributed by atoms with E-state index in [0.717, 1.165) is 25.8 Å². The lowest BCUT2D eigenvalue weighted by Crippen LogP contribution is -2.43. The number of azide groups is 1. The third kappa shape index (κ3) is 2.46. The van der Waals surface area contributed by atoms with Crippen LogP contribution in [-0.4, -0.2) is 18.6 Å². The molecular formula is C8H12N4. The van der Waals surface area contributed by atoms with Gasteiger partial charge >= 0.3 is 0 Å². The Morgan fingerprint density at radius 1 is 1.67 bits per heavy atom. The Balaban J connectivity index is 2.02. The molecule has 0 saturated heterocycles. The average molecular weight is 164 g/mol. The van der Waals surface area contributed by atoms with Gasteiger partial charge in [-0.25, -0.2) is 0 Å². The molecule has 12 heavy (non-hydrogen) atoms. The lowest BCUT2D eigenvalue weighted by Gasteiger charge is -2.32. The molecule has 1 rings (SSSR count). The van der Waals surface area contributed by atoms with Crippen molar-refractivity contribution in [1.82, 2.24) is 5.32 Å². The van der Waals surface area contributed by atoms with Crippen molar-refractivity contribution < 1.29 is 0 Å². The third-order valence-corrected chi connectivity index (χ3v) is 2.03. The Morgan fingerprint density at radius 2 is 2.42 bits per heavy atom. The van der Waals surface area contributed by atoms with E-state index in [9.17, 15) is 0 Å². The quantitative estimate of drug-likeness (QED) is 0.221. The molecule has 4 heteroatoms. The number of hydrogen-bond donors (Lipinski definition) is 1. The number of nitrogens with one attached hydrogen (secondary N) is 1. The van der Waals surface area contributed by atoms with Crippen LogP contribution >= 0.6 is 0 Å². The molecule has 0 unspecified atom stereocenters. The van der Waals surface area contributed by atoms with E-state index in [0.29, 0.717) is 6.04 Å². The molecule has 0 heterocycles. The van der Waals surface area contributed by atoms with Crippen LogP contribution in [0.4, 0.5) is 0 Å². The molecule has 0 amide bonds. The van der Waals surface area contributed by atoms with Gasteiger partial charge in [0.15, 0.2) is 0 Å². The van der Waals surface area contributed by atoms with Crippen LogP contribution in [0.5, 0.6) is 0 Å². The van der Waals surface area contributed by atoms with E-state index >= 15 is 0 Å². The Hall–Kier alpha value is -1.17. The second kappa shape index (κ2) is 4.66. The zero-order valence-corrected chi connectivity index (χ0v) is 6.90. The van der Waals surface area contributed by atoms with E-state index in [1.54, 1.807) is 0 Å². The lowest BCUT2D eigenvalue weighted by molar-refractivity contribution is 0.294. The molecule has 1 saturated carbocycles. The average Bonchev–Trinajstić information content (AvgIpc) is 2.00. The second-order valence-corrected chi connectivity index (χ2v) is 2.94. The molecule has 0 atom stereocenters. The number of hydrogen-bond acceptors (Lipinski definition) is 2. The Bertz CT molecular complexity index is 218. The monoisotopic (exact) mass is 164 g/mol. The number of terminal acetylenes is 1. The summed E-state index contributed by atoms with van der Waals surface area (Å²) in [6.45, 7) is 0.865. The van der Waals surface area contributed by atoms with Crippen molar-refractivity contribution >= 4 is 0 Å². The summed E-state index contributed by atoms with van der Waals surface area (Å²) < 4.78 is 0. The molecule has 0 aliphatic heterocycles. The fraction of sp³-hybridized carbons (Fsp3) is 0.750. The van der Waals surface area contributed by atoms with Gasteiger partial charge in [0.1, 0.15) is 0 Å². The minimum atomic E-state index is 0.207. The minimum Gasteiger partial charge on any atom is -0.313 e. The highest BCUT2D eigenvalue weighted by atomic mass is 15.2. The summed E-state index contributed by atoms with van der Waals surface area (Å²) >= 11 is 0. The molecule has 1 N–H and O–H groups in total. The summed E-state index contributed by atoms with van der Waals surface area (Å²) in [5.41, 5.74) is 8.11. The highest BCUT2D eigenvalue weighted by Crippen LogP contribution is 2.23. The maximum Gasteiger partial charge on any atom is 0.0403 e. The Kier molecular flexibility index (Phi) is 3.46. The minimum absolute atomic E-state index is 0.207. The fourth-order valence-electron chi connectivity index (χ4n) is 1.27. The maximum absolute atomic E-state index is 8.11. The first-order valence-corrected chi connectivity index (χ1v) is 4.08. The van der Waals surface area contributed by atoms with Gasteiger partial charge < -0.3 is 5.32 Å². The predicted molar refractivity (Wildman–Crippen MR) is 47.4 cm³/mol. The van der Waals surface area contributed by atoms with E-state index in [-0.39, 0.29) is 6.04 Å². The third-order valence-electron chi connectivity index (χ3n) is 2.03. The fourth-order valence-corrected chi connectivity index (χ4v) is 1.27. The van der Waals surface area contributed by atoms with Gasteiger partial charge in [0, 0.05) is 30.0 Å². The van der Waals surface area contributed by atoms with Crippen molar-refractivity contribution in [2.75, 3.05) is 6.54 Å². The van der Waals surface area contributed by atoms with Crippen LogP contribution in [0.2, 0.25) is 0 Å². The second-order valence-electron chi connectivity index (χ2n) is 2.94. The molecule has 64 valence electrons. The van der Waals surface area contributed by atoms with Gasteiger partial charge in [-0.05, 0) is 18.4 Å². The van der Waals surface area contributed by atoms with Gasteiger partial charge in [-0.15, -0.1) is 12.3 Å². The molecule has 1 fully saturated rings. The summed E-state index contributed by atoms with van der Waals surface area (Å²) in [6.07, 6.45) is 7.77. The Labute approximate surface area is 72.0 Å². The first-order valence-electron chi connectivity index (χ1n) is 4.08. The molecule has 0 spiro atoms. The van der Waals surface area contributed by atoms with Crippen LogP contribution < -0.4 is 5.32 Å². The molecule has 4 nitrogen and oxygen atoms in total.